The van der Waals surface area contributed by atoms with Crippen LogP contribution in [0.1, 0.15) is 29.3 Å². The van der Waals surface area contributed by atoms with E-state index >= 15 is 0 Å². The van der Waals surface area contributed by atoms with Crippen LogP contribution in [-0.2, 0) is 11.2 Å². The van der Waals surface area contributed by atoms with Crippen molar-refractivity contribution >= 4 is 28.9 Å². The maximum absolute atomic E-state index is 12.7. The summed E-state index contributed by atoms with van der Waals surface area (Å²) in [6.45, 7) is 4.00. The van der Waals surface area contributed by atoms with Gasteiger partial charge in [0, 0.05) is 12.3 Å². The third kappa shape index (κ3) is 8.50. The molecule has 0 unspecified atom stereocenters. The number of amides is 1. The highest BCUT2D eigenvalue weighted by molar-refractivity contribution is 7.80. The Kier molecular flexibility index (Phi) is 10.4. The number of nitrogens with one attached hydrogen (secondary N) is 2. The normalized spacial score (nSPS) is 10.4. The van der Waals surface area contributed by atoms with Gasteiger partial charge in [-0.05, 0) is 73.9 Å². The molecule has 0 fully saturated rings. The van der Waals surface area contributed by atoms with Crippen molar-refractivity contribution in [1.82, 2.24) is 5.32 Å². The molecule has 2 N–H and O–H groups in total. The molecule has 0 saturated carbocycles. The van der Waals surface area contributed by atoms with Gasteiger partial charge in [0.25, 0.3) is 5.91 Å². The van der Waals surface area contributed by atoms with Crippen molar-refractivity contribution in [2.45, 2.75) is 19.8 Å². The van der Waals surface area contributed by atoms with E-state index in [9.17, 15) is 4.79 Å². The summed E-state index contributed by atoms with van der Waals surface area (Å²) >= 11 is 5.31. The molecule has 0 atom stereocenters. The molecule has 0 saturated heterocycles. The van der Waals surface area contributed by atoms with Gasteiger partial charge in [-0.25, -0.2) is 0 Å². The molecule has 0 heterocycles. The number of carbonyl (C=O) groups excluding carboxylic acids is 1. The average Bonchev–Trinajstić information content (AvgIpc) is 2.86. The second-order valence-electron chi connectivity index (χ2n) is 7.41. The van der Waals surface area contributed by atoms with Crippen LogP contribution < -0.4 is 20.1 Å². The maximum atomic E-state index is 12.7. The minimum Gasteiger partial charge on any atom is -0.494 e. The molecule has 1 amide bonds. The van der Waals surface area contributed by atoms with Gasteiger partial charge in [-0.15, -0.1) is 0 Å². The highest BCUT2D eigenvalue weighted by Gasteiger charge is 2.13. The van der Waals surface area contributed by atoms with E-state index in [1.54, 1.807) is 18.2 Å². The summed E-state index contributed by atoms with van der Waals surface area (Å²) in [6.07, 6.45) is 1.92. The van der Waals surface area contributed by atoms with Crippen molar-refractivity contribution in [2.24, 2.45) is 0 Å². The van der Waals surface area contributed by atoms with Crippen LogP contribution in [0.5, 0.6) is 11.5 Å². The van der Waals surface area contributed by atoms with E-state index in [1.165, 1.54) is 5.56 Å². The van der Waals surface area contributed by atoms with Gasteiger partial charge in [-0.1, -0.05) is 42.5 Å². The van der Waals surface area contributed by atoms with Crippen molar-refractivity contribution in [3.63, 3.8) is 0 Å². The zero-order valence-electron chi connectivity index (χ0n) is 19.3. The summed E-state index contributed by atoms with van der Waals surface area (Å²) in [5.74, 6) is 0.922. The number of hydrogen-bond acceptors (Lipinski definition) is 5. The Hall–Kier alpha value is -3.42. The van der Waals surface area contributed by atoms with Gasteiger partial charge in [0.15, 0.2) is 5.11 Å². The second-order valence-corrected chi connectivity index (χ2v) is 7.82. The molecule has 0 aromatic heterocycles. The highest BCUT2D eigenvalue weighted by Crippen LogP contribution is 2.19. The van der Waals surface area contributed by atoms with E-state index in [-0.39, 0.29) is 11.0 Å². The van der Waals surface area contributed by atoms with Crippen LogP contribution in [0.25, 0.3) is 0 Å². The quantitative estimate of drug-likeness (QED) is 0.274. The maximum Gasteiger partial charge on any atom is 0.261 e. The minimum atomic E-state index is -0.345. The Morgan fingerprint density at radius 1 is 0.853 bits per heavy atom. The Labute approximate surface area is 206 Å². The molecule has 3 rings (SSSR count). The second kappa shape index (κ2) is 14.0. The van der Waals surface area contributed by atoms with Crippen LogP contribution >= 0.6 is 12.2 Å². The fourth-order valence-corrected chi connectivity index (χ4v) is 3.42. The number of aryl methyl sites for hydroxylation is 1. The van der Waals surface area contributed by atoms with E-state index in [0.717, 1.165) is 24.3 Å². The van der Waals surface area contributed by atoms with Gasteiger partial charge in [0.2, 0.25) is 0 Å². The molecule has 3 aromatic carbocycles. The number of rotatable bonds is 12. The monoisotopic (exact) mass is 478 g/mol. The zero-order chi connectivity index (χ0) is 24.0. The Balaban J connectivity index is 1.43. The standard InChI is InChI=1S/C27H30N2O4S/c1-2-31-19-20-33-25-13-7-6-12-24(25)26(30)29-27(34)28-22-14-16-23(17-15-22)32-18-8-11-21-9-4-3-5-10-21/h3-7,9-10,12-17H,2,8,11,18-20H2,1H3,(H2,28,29,30,34). The van der Waals surface area contributed by atoms with Gasteiger partial charge in [-0.2, -0.15) is 0 Å². The molecule has 7 heteroatoms. The van der Waals surface area contributed by atoms with Crippen LogP contribution in [0.15, 0.2) is 78.9 Å². The summed E-state index contributed by atoms with van der Waals surface area (Å²) in [5.41, 5.74) is 2.46. The topological polar surface area (TPSA) is 68.8 Å². The molecule has 3 aromatic rings. The molecule has 0 radical (unpaired) electrons. The van der Waals surface area contributed by atoms with Crippen molar-refractivity contribution in [1.29, 1.82) is 0 Å². The van der Waals surface area contributed by atoms with E-state index in [0.29, 0.717) is 37.7 Å². The number of ether oxygens (including phenoxy) is 3. The van der Waals surface area contributed by atoms with Crippen LogP contribution in [0.3, 0.4) is 0 Å². The Bertz CT molecular complexity index is 1040. The van der Waals surface area contributed by atoms with Gasteiger partial charge < -0.3 is 19.5 Å². The van der Waals surface area contributed by atoms with Crippen LogP contribution in [-0.4, -0.2) is 37.4 Å². The third-order valence-electron chi connectivity index (χ3n) is 4.88. The fraction of sp³-hybridized carbons (Fsp3) is 0.259. The first kappa shape index (κ1) is 25.2. The predicted molar refractivity (Wildman–Crippen MR) is 139 cm³/mol. The molecular weight excluding hydrogens is 448 g/mol. The van der Waals surface area contributed by atoms with Crippen LogP contribution in [0, 0.1) is 0 Å². The summed E-state index contributed by atoms with van der Waals surface area (Å²) in [7, 11) is 0. The number of para-hydroxylation sites is 1. The van der Waals surface area contributed by atoms with E-state index in [1.807, 2.05) is 55.5 Å². The van der Waals surface area contributed by atoms with Crippen LogP contribution in [0.4, 0.5) is 5.69 Å². The molecule has 0 spiro atoms. The van der Waals surface area contributed by atoms with Crippen molar-refractivity contribution in [3.05, 3.63) is 90.0 Å². The first-order valence-corrected chi connectivity index (χ1v) is 11.7. The molecule has 34 heavy (non-hydrogen) atoms. The molecule has 6 nitrogen and oxygen atoms in total. The number of anilines is 1. The average molecular weight is 479 g/mol. The predicted octanol–water partition coefficient (Wildman–Crippen LogP) is 5.24. The lowest BCUT2D eigenvalue weighted by atomic mass is 10.1. The van der Waals surface area contributed by atoms with Gasteiger partial charge in [0.1, 0.15) is 18.1 Å². The van der Waals surface area contributed by atoms with Crippen molar-refractivity contribution in [3.8, 4) is 11.5 Å². The van der Waals surface area contributed by atoms with Crippen LogP contribution in [0.2, 0.25) is 0 Å². The minimum absolute atomic E-state index is 0.200. The van der Waals surface area contributed by atoms with Crippen molar-refractivity contribution < 1.29 is 19.0 Å². The Morgan fingerprint density at radius 3 is 2.35 bits per heavy atom. The molecule has 0 aliphatic carbocycles. The van der Waals surface area contributed by atoms with Crippen molar-refractivity contribution in [2.75, 3.05) is 31.7 Å². The van der Waals surface area contributed by atoms with Gasteiger partial charge in [-0.3, -0.25) is 10.1 Å². The summed E-state index contributed by atoms with van der Waals surface area (Å²) < 4.78 is 16.8. The number of carbonyl (C=O) groups is 1. The summed E-state index contributed by atoms with van der Waals surface area (Å²) in [6, 6.07) is 24.8. The lowest BCUT2D eigenvalue weighted by Gasteiger charge is -2.13. The SMILES string of the molecule is CCOCCOc1ccccc1C(=O)NC(=S)Nc1ccc(OCCCc2ccccc2)cc1. The molecular formula is C27H30N2O4S. The first-order chi connectivity index (χ1) is 16.7. The largest absolute Gasteiger partial charge is 0.494 e. The first-order valence-electron chi connectivity index (χ1n) is 11.3. The van der Waals surface area contributed by atoms with Gasteiger partial charge in [0.05, 0.1) is 18.8 Å². The van der Waals surface area contributed by atoms with E-state index in [4.69, 9.17) is 26.4 Å². The lowest BCUT2D eigenvalue weighted by Crippen LogP contribution is -2.34. The zero-order valence-corrected chi connectivity index (χ0v) is 20.1. The lowest BCUT2D eigenvalue weighted by molar-refractivity contribution is 0.0958. The fourth-order valence-electron chi connectivity index (χ4n) is 3.21. The molecule has 0 bridgehead atoms. The smallest absolute Gasteiger partial charge is 0.261 e. The Morgan fingerprint density at radius 2 is 1.59 bits per heavy atom. The molecule has 0 aliphatic rings. The van der Waals surface area contributed by atoms with E-state index < -0.39 is 0 Å². The number of thiocarbonyl (C=S) groups is 1. The van der Waals surface area contributed by atoms with E-state index in [2.05, 4.69) is 22.8 Å². The number of hydrogen-bond donors (Lipinski definition) is 2. The summed E-state index contributed by atoms with van der Waals surface area (Å²) in [5, 5.41) is 5.92. The number of benzene rings is 3. The molecule has 0 aliphatic heterocycles. The van der Waals surface area contributed by atoms with Gasteiger partial charge >= 0.3 is 0 Å². The highest BCUT2D eigenvalue weighted by atomic mass is 32.1. The molecule has 178 valence electrons. The third-order valence-corrected chi connectivity index (χ3v) is 5.09. The summed E-state index contributed by atoms with van der Waals surface area (Å²) in [4.78, 5) is 12.7.